The summed E-state index contributed by atoms with van der Waals surface area (Å²) in [5.74, 6) is 0.352. The molecule has 0 aromatic heterocycles. The minimum atomic E-state index is -0.484. The number of rotatable bonds is 6. The monoisotopic (exact) mass is 363 g/mol. The Balaban J connectivity index is 1.61. The standard InChI is InChI=1S/C21H21N3O3/c1-14(23-18-8-7-15-5-3-4-6-16(15)11-18)21(26)24-22-13-17-12-19(27-2)9-10-20(17)25/h3-14,23,25H,1-2H3,(H,24,26)/b22-13+/t14-/m1/s1. The molecule has 0 unspecified atom stereocenters. The molecule has 0 spiro atoms. The number of ether oxygens (including phenoxy) is 1. The largest absolute Gasteiger partial charge is 0.507 e. The minimum Gasteiger partial charge on any atom is -0.507 e. The van der Waals surface area contributed by atoms with Gasteiger partial charge in [-0.2, -0.15) is 5.10 Å². The van der Waals surface area contributed by atoms with Crippen molar-refractivity contribution in [1.29, 1.82) is 0 Å². The number of amides is 1. The molecular weight excluding hydrogens is 342 g/mol. The zero-order valence-electron chi connectivity index (χ0n) is 15.1. The van der Waals surface area contributed by atoms with Crippen LogP contribution in [0.2, 0.25) is 0 Å². The van der Waals surface area contributed by atoms with Crippen LogP contribution < -0.4 is 15.5 Å². The molecule has 3 rings (SSSR count). The Bertz CT molecular complexity index is 985. The molecular formula is C21H21N3O3. The molecule has 0 aliphatic carbocycles. The van der Waals surface area contributed by atoms with Gasteiger partial charge in [-0.05, 0) is 48.0 Å². The third kappa shape index (κ3) is 4.55. The second-order valence-electron chi connectivity index (χ2n) is 6.09. The third-order valence-corrected chi connectivity index (χ3v) is 4.14. The molecule has 1 atom stereocenters. The Hall–Kier alpha value is -3.54. The molecule has 0 saturated heterocycles. The molecule has 0 saturated carbocycles. The summed E-state index contributed by atoms with van der Waals surface area (Å²) in [6.07, 6.45) is 1.37. The normalized spacial score (nSPS) is 12.1. The first kappa shape index (κ1) is 18.3. The lowest BCUT2D eigenvalue weighted by Gasteiger charge is -2.14. The van der Waals surface area contributed by atoms with Gasteiger partial charge in [0.1, 0.15) is 17.5 Å². The van der Waals surface area contributed by atoms with Gasteiger partial charge in [0, 0.05) is 11.3 Å². The van der Waals surface area contributed by atoms with Crippen molar-refractivity contribution in [2.24, 2.45) is 5.10 Å². The Morgan fingerprint density at radius 1 is 1.11 bits per heavy atom. The molecule has 1 amide bonds. The topological polar surface area (TPSA) is 83.0 Å². The van der Waals surface area contributed by atoms with Crippen molar-refractivity contribution in [3.8, 4) is 11.5 Å². The molecule has 3 aromatic rings. The zero-order chi connectivity index (χ0) is 19.2. The van der Waals surface area contributed by atoms with E-state index in [0.717, 1.165) is 16.5 Å². The van der Waals surface area contributed by atoms with Gasteiger partial charge in [-0.1, -0.05) is 30.3 Å². The van der Waals surface area contributed by atoms with Crippen LogP contribution in [0.15, 0.2) is 65.8 Å². The molecule has 138 valence electrons. The van der Waals surface area contributed by atoms with Gasteiger partial charge in [0.2, 0.25) is 0 Å². The van der Waals surface area contributed by atoms with Crippen molar-refractivity contribution in [1.82, 2.24) is 5.43 Å². The van der Waals surface area contributed by atoms with Crippen molar-refractivity contribution in [3.05, 3.63) is 66.2 Å². The highest BCUT2D eigenvalue weighted by atomic mass is 16.5. The molecule has 6 heteroatoms. The Kier molecular flexibility index (Phi) is 5.56. The second-order valence-corrected chi connectivity index (χ2v) is 6.09. The van der Waals surface area contributed by atoms with Gasteiger partial charge < -0.3 is 15.2 Å². The number of fused-ring (bicyclic) bond motifs is 1. The van der Waals surface area contributed by atoms with Gasteiger partial charge in [0.05, 0.1) is 13.3 Å². The van der Waals surface area contributed by atoms with Crippen LogP contribution in [0.4, 0.5) is 5.69 Å². The lowest BCUT2D eigenvalue weighted by atomic mass is 10.1. The van der Waals surface area contributed by atoms with E-state index in [9.17, 15) is 9.90 Å². The van der Waals surface area contributed by atoms with Crippen LogP contribution >= 0.6 is 0 Å². The lowest BCUT2D eigenvalue weighted by molar-refractivity contribution is -0.121. The summed E-state index contributed by atoms with van der Waals surface area (Å²) >= 11 is 0. The Morgan fingerprint density at radius 2 is 1.89 bits per heavy atom. The smallest absolute Gasteiger partial charge is 0.262 e. The van der Waals surface area contributed by atoms with Crippen molar-refractivity contribution in [2.75, 3.05) is 12.4 Å². The van der Waals surface area contributed by atoms with E-state index in [1.54, 1.807) is 19.1 Å². The summed E-state index contributed by atoms with van der Waals surface area (Å²) in [4.78, 5) is 12.2. The van der Waals surface area contributed by atoms with E-state index in [2.05, 4.69) is 15.8 Å². The summed E-state index contributed by atoms with van der Waals surface area (Å²) in [5, 5.41) is 19.1. The molecule has 0 bridgehead atoms. The predicted octanol–water partition coefficient (Wildman–Crippen LogP) is 3.50. The second kappa shape index (κ2) is 8.23. The number of anilines is 1. The molecule has 0 aliphatic rings. The number of nitrogens with zero attached hydrogens (tertiary/aromatic N) is 1. The third-order valence-electron chi connectivity index (χ3n) is 4.14. The quantitative estimate of drug-likeness (QED) is 0.462. The number of aromatic hydroxyl groups is 1. The first-order chi connectivity index (χ1) is 13.1. The SMILES string of the molecule is COc1ccc(O)c(/C=N/NC(=O)[C@@H](C)Nc2ccc3ccccc3c2)c1. The van der Waals surface area contributed by atoms with Gasteiger partial charge in [-0.15, -0.1) is 0 Å². The fraction of sp³-hybridized carbons (Fsp3) is 0.143. The van der Waals surface area contributed by atoms with E-state index < -0.39 is 6.04 Å². The van der Waals surface area contributed by atoms with Gasteiger partial charge in [0.15, 0.2) is 0 Å². The van der Waals surface area contributed by atoms with Gasteiger partial charge in [-0.25, -0.2) is 5.43 Å². The van der Waals surface area contributed by atoms with E-state index in [-0.39, 0.29) is 11.7 Å². The predicted molar refractivity (Wildman–Crippen MR) is 107 cm³/mol. The van der Waals surface area contributed by atoms with E-state index in [4.69, 9.17) is 4.74 Å². The number of phenolic OH excluding ortho intramolecular Hbond substituents is 1. The Labute approximate surface area is 157 Å². The lowest BCUT2D eigenvalue weighted by Crippen LogP contribution is -2.34. The highest BCUT2D eigenvalue weighted by molar-refractivity contribution is 5.89. The van der Waals surface area contributed by atoms with Crippen molar-refractivity contribution < 1.29 is 14.6 Å². The van der Waals surface area contributed by atoms with Crippen LogP contribution in [-0.2, 0) is 4.79 Å². The molecule has 6 nitrogen and oxygen atoms in total. The summed E-state index contributed by atoms with van der Waals surface area (Å²) in [7, 11) is 1.54. The van der Waals surface area contributed by atoms with Crippen LogP contribution in [0.5, 0.6) is 11.5 Å². The summed E-state index contributed by atoms with van der Waals surface area (Å²) in [6, 6.07) is 18.3. The highest BCUT2D eigenvalue weighted by Gasteiger charge is 2.12. The minimum absolute atomic E-state index is 0.0520. The van der Waals surface area contributed by atoms with E-state index in [0.29, 0.717) is 11.3 Å². The van der Waals surface area contributed by atoms with E-state index in [1.165, 1.54) is 19.4 Å². The summed E-state index contributed by atoms with van der Waals surface area (Å²) < 4.78 is 5.10. The number of benzene rings is 3. The number of phenols is 1. The first-order valence-electron chi connectivity index (χ1n) is 8.52. The fourth-order valence-electron chi connectivity index (χ4n) is 2.62. The van der Waals surface area contributed by atoms with E-state index in [1.807, 2.05) is 42.5 Å². The van der Waals surface area contributed by atoms with Crippen LogP contribution in [0.25, 0.3) is 10.8 Å². The number of carbonyl (C=O) groups is 1. The van der Waals surface area contributed by atoms with Crippen LogP contribution in [0.1, 0.15) is 12.5 Å². The van der Waals surface area contributed by atoms with Crippen molar-refractivity contribution in [2.45, 2.75) is 13.0 Å². The molecule has 3 N–H and O–H groups in total. The molecule has 0 radical (unpaired) electrons. The molecule has 0 heterocycles. The number of hydrogen-bond donors (Lipinski definition) is 3. The first-order valence-corrected chi connectivity index (χ1v) is 8.52. The van der Waals surface area contributed by atoms with Crippen molar-refractivity contribution in [3.63, 3.8) is 0 Å². The molecule has 0 fully saturated rings. The summed E-state index contributed by atoms with van der Waals surface area (Å²) in [6.45, 7) is 1.75. The maximum Gasteiger partial charge on any atom is 0.262 e. The maximum absolute atomic E-state index is 12.2. The van der Waals surface area contributed by atoms with E-state index >= 15 is 0 Å². The number of carbonyl (C=O) groups excluding carboxylic acids is 1. The number of hydrazone groups is 1. The van der Waals surface area contributed by atoms with Crippen LogP contribution in [-0.4, -0.2) is 30.4 Å². The molecule has 27 heavy (non-hydrogen) atoms. The number of nitrogens with one attached hydrogen (secondary N) is 2. The van der Waals surface area contributed by atoms with Crippen LogP contribution in [0.3, 0.4) is 0 Å². The maximum atomic E-state index is 12.2. The average molecular weight is 363 g/mol. The summed E-state index contributed by atoms with van der Waals surface area (Å²) in [5.41, 5.74) is 3.77. The fourth-order valence-corrected chi connectivity index (χ4v) is 2.62. The van der Waals surface area contributed by atoms with Gasteiger partial charge in [-0.3, -0.25) is 4.79 Å². The zero-order valence-corrected chi connectivity index (χ0v) is 15.1. The highest BCUT2D eigenvalue weighted by Crippen LogP contribution is 2.21. The molecule has 0 aliphatic heterocycles. The Morgan fingerprint density at radius 3 is 2.67 bits per heavy atom. The molecule has 3 aromatic carbocycles. The number of methoxy groups -OCH3 is 1. The number of hydrogen-bond acceptors (Lipinski definition) is 5. The van der Waals surface area contributed by atoms with Gasteiger partial charge in [0.25, 0.3) is 5.91 Å². The average Bonchev–Trinajstić information content (AvgIpc) is 2.69. The van der Waals surface area contributed by atoms with Crippen LogP contribution in [0, 0.1) is 0 Å². The van der Waals surface area contributed by atoms with Gasteiger partial charge >= 0.3 is 0 Å². The van der Waals surface area contributed by atoms with Crippen molar-refractivity contribution >= 4 is 28.6 Å².